The average Bonchev–Trinajstić information content (AvgIpc) is 3.14. The standard InChI is InChI=1S/C21H23N7O/c1-13-3-5-16(12-23-13)25-21(29)24-15-7-8-28(2)19(10-15)20-26-17-6-4-14(11-22)9-18(17)27-20/h3-6,9,12,15,19H,7-8,10H2,1-2H3,(H,26,27)(H2,24,25,29)/t15?,19-/m1/s1. The summed E-state index contributed by atoms with van der Waals surface area (Å²) in [5.41, 5.74) is 3.87. The van der Waals surface area contributed by atoms with Crippen LogP contribution in [-0.4, -0.2) is 45.5 Å². The molecule has 0 spiro atoms. The normalized spacial score (nSPS) is 19.6. The number of H-pyrrole nitrogens is 1. The Balaban J connectivity index is 1.44. The number of anilines is 1. The van der Waals surface area contributed by atoms with E-state index in [0.29, 0.717) is 11.3 Å². The van der Waals surface area contributed by atoms with Crippen LogP contribution in [0.4, 0.5) is 10.5 Å². The molecule has 4 rings (SSSR count). The smallest absolute Gasteiger partial charge is 0.319 e. The number of piperidine rings is 1. The minimum Gasteiger partial charge on any atom is -0.341 e. The lowest BCUT2D eigenvalue weighted by molar-refractivity contribution is 0.153. The molecular formula is C21H23N7O. The number of benzene rings is 1. The molecule has 2 amide bonds. The highest BCUT2D eigenvalue weighted by molar-refractivity contribution is 5.89. The van der Waals surface area contributed by atoms with Gasteiger partial charge in [-0.25, -0.2) is 9.78 Å². The molecule has 0 radical (unpaired) electrons. The summed E-state index contributed by atoms with van der Waals surface area (Å²) in [6.07, 6.45) is 3.27. The molecule has 148 valence electrons. The van der Waals surface area contributed by atoms with Crippen molar-refractivity contribution in [1.82, 2.24) is 25.2 Å². The lowest BCUT2D eigenvalue weighted by Gasteiger charge is -2.36. The Morgan fingerprint density at radius 2 is 2.21 bits per heavy atom. The van der Waals surface area contributed by atoms with Gasteiger partial charge in [0.2, 0.25) is 0 Å². The van der Waals surface area contributed by atoms with Gasteiger partial charge in [-0.3, -0.25) is 9.88 Å². The van der Waals surface area contributed by atoms with Gasteiger partial charge in [0.25, 0.3) is 0 Å². The van der Waals surface area contributed by atoms with E-state index in [1.54, 1.807) is 12.3 Å². The first-order valence-corrected chi connectivity index (χ1v) is 9.62. The third-order valence-corrected chi connectivity index (χ3v) is 5.32. The minimum atomic E-state index is -0.229. The van der Waals surface area contributed by atoms with Crippen molar-refractivity contribution >= 4 is 22.8 Å². The van der Waals surface area contributed by atoms with Gasteiger partial charge >= 0.3 is 6.03 Å². The quantitative estimate of drug-likeness (QED) is 0.638. The van der Waals surface area contributed by atoms with Crippen LogP contribution >= 0.6 is 0 Å². The summed E-state index contributed by atoms with van der Waals surface area (Å²) < 4.78 is 0. The van der Waals surface area contributed by atoms with E-state index in [2.05, 4.69) is 38.6 Å². The Labute approximate surface area is 169 Å². The number of hydrogen-bond acceptors (Lipinski definition) is 5. The number of carbonyl (C=O) groups is 1. The highest BCUT2D eigenvalue weighted by atomic mass is 16.2. The number of hydrogen-bond donors (Lipinski definition) is 3. The van der Waals surface area contributed by atoms with Gasteiger partial charge in [-0.15, -0.1) is 0 Å². The summed E-state index contributed by atoms with van der Waals surface area (Å²) in [4.78, 5) is 26.9. The number of urea groups is 1. The van der Waals surface area contributed by atoms with E-state index in [1.165, 1.54) is 0 Å². The maximum Gasteiger partial charge on any atom is 0.319 e. The number of rotatable bonds is 3. The monoisotopic (exact) mass is 389 g/mol. The molecule has 2 atom stereocenters. The lowest BCUT2D eigenvalue weighted by atomic mass is 9.97. The second kappa shape index (κ2) is 7.89. The SMILES string of the molecule is Cc1ccc(NC(=O)NC2CCN(C)[C@@H](c3nc4ccc(C#N)cc4[nH]3)C2)cn1. The number of imidazole rings is 1. The van der Waals surface area contributed by atoms with Crippen LogP contribution in [-0.2, 0) is 0 Å². The first-order chi connectivity index (χ1) is 14.0. The molecule has 3 aromatic rings. The number of pyridine rings is 1. The predicted molar refractivity (Wildman–Crippen MR) is 110 cm³/mol. The van der Waals surface area contributed by atoms with E-state index in [9.17, 15) is 4.79 Å². The average molecular weight is 389 g/mol. The van der Waals surface area contributed by atoms with Crippen LogP contribution in [0, 0.1) is 18.3 Å². The van der Waals surface area contributed by atoms with Gasteiger partial charge in [0.15, 0.2) is 0 Å². The molecule has 29 heavy (non-hydrogen) atoms. The number of nitriles is 1. The van der Waals surface area contributed by atoms with Crippen LogP contribution < -0.4 is 10.6 Å². The molecule has 1 saturated heterocycles. The predicted octanol–water partition coefficient (Wildman–Crippen LogP) is 3.10. The summed E-state index contributed by atoms with van der Waals surface area (Å²) in [6.45, 7) is 2.75. The van der Waals surface area contributed by atoms with Crippen LogP contribution in [0.5, 0.6) is 0 Å². The van der Waals surface area contributed by atoms with Crippen LogP contribution in [0.3, 0.4) is 0 Å². The number of aromatic amines is 1. The molecule has 8 nitrogen and oxygen atoms in total. The lowest BCUT2D eigenvalue weighted by Crippen LogP contribution is -2.46. The third-order valence-electron chi connectivity index (χ3n) is 5.32. The van der Waals surface area contributed by atoms with Crippen LogP contribution in [0.15, 0.2) is 36.5 Å². The largest absolute Gasteiger partial charge is 0.341 e. The number of aromatic nitrogens is 3. The number of likely N-dealkylation sites (tertiary alicyclic amines) is 1. The second-order valence-corrected chi connectivity index (χ2v) is 7.47. The van der Waals surface area contributed by atoms with E-state index in [0.717, 1.165) is 41.9 Å². The van der Waals surface area contributed by atoms with Gasteiger partial charge in [-0.1, -0.05) is 0 Å². The molecule has 1 fully saturated rings. The molecule has 3 N–H and O–H groups in total. The molecule has 1 aromatic carbocycles. The van der Waals surface area contributed by atoms with Crippen molar-refractivity contribution in [2.45, 2.75) is 31.8 Å². The summed E-state index contributed by atoms with van der Waals surface area (Å²) in [6, 6.07) is 11.2. The fourth-order valence-electron chi connectivity index (χ4n) is 3.69. The van der Waals surface area contributed by atoms with Crippen molar-refractivity contribution in [3.05, 3.63) is 53.6 Å². The molecule has 0 aliphatic carbocycles. The minimum absolute atomic E-state index is 0.0393. The summed E-state index contributed by atoms with van der Waals surface area (Å²) in [7, 11) is 2.06. The number of nitrogens with one attached hydrogen (secondary N) is 3. The molecule has 2 aromatic heterocycles. The maximum absolute atomic E-state index is 12.4. The number of nitrogens with zero attached hydrogens (tertiary/aromatic N) is 4. The van der Waals surface area contributed by atoms with Crippen molar-refractivity contribution in [3.8, 4) is 6.07 Å². The van der Waals surface area contributed by atoms with E-state index < -0.39 is 0 Å². The maximum atomic E-state index is 12.4. The summed E-state index contributed by atoms with van der Waals surface area (Å²) in [5.74, 6) is 0.854. The van der Waals surface area contributed by atoms with Gasteiger partial charge in [-0.2, -0.15) is 5.26 Å². The van der Waals surface area contributed by atoms with E-state index in [1.807, 2.05) is 31.2 Å². The highest BCUT2D eigenvalue weighted by Crippen LogP contribution is 2.29. The number of fused-ring (bicyclic) bond motifs is 1. The van der Waals surface area contributed by atoms with Crippen molar-refractivity contribution in [3.63, 3.8) is 0 Å². The van der Waals surface area contributed by atoms with Gasteiger partial charge in [0.1, 0.15) is 5.82 Å². The fraction of sp³-hybridized carbons (Fsp3) is 0.333. The topological polar surface area (TPSA) is 110 Å². The highest BCUT2D eigenvalue weighted by Gasteiger charge is 2.30. The molecule has 3 heterocycles. The second-order valence-electron chi connectivity index (χ2n) is 7.47. The Bertz CT molecular complexity index is 1070. The summed E-state index contributed by atoms with van der Waals surface area (Å²) >= 11 is 0. The zero-order valence-electron chi connectivity index (χ0n) is 16.4. The Hall–Kier alpha value is -3.44. The zero-order chi connectivity index (χ0) is 20.4. The van der Waals surface area contributed by atoms with Crippen molar-refractivity contribution in [2.75, 3.05) is 18.9 Å². The van der Waals surface area contributed by atoms with E-state index in [-0.39, 0.29) is 18.1 Å². The van der Waals surface area contributed by atoms with Crippen molar-refractivity contribution in [1.29, 1.82) is 5.26 Å². The fourth-order valence-corrected chi connectivity index (χ4v) is 3.69. The molecule has 1 unspecified atom stereocenters. The molecule has 8 heteroatoms. The van der Waals surface area contributed by atoms with Gasteiger partial charge in [0.05, 0.1) is 40.6 Å². The number of amides is 2. The molecular weight excluding hydrogens is 366 g/mol. The first kappa shape index (κ1) is 18.9. The molecule has 0 bridgehead atoms. The van der Waals surface area contributed by atoms with Crippen LogP contribution in [0.1, 0.15) is 36.0 Å². The zero-order valence-corrected chi connectivity index (χ0v) is 16.4. The third kappa shape index (κ3) is 4.20. The first-order valence-electron chi connectivity index (χ1n) is 9.62. The Morgan fingerprint density at radius 1 is 1.34 bits per heavy atom. The molecule has 1 aliphatic rings. The van der Waals surface area contributed by atoms with Gasteiger partial charge in [-0.05, 0) is 57.1 Å². The molecule has 0 saturated carbocycles. The Kier molecular flexibility index (Phi) is 5.14. The van der Waals surface area contributed by atoms with E-state index in [4.69, 9.17) is 10.2 Å². The summed E-state index contributed by atoms with van der Waals surface area (Å²) in [5, 5.41) is 15.0. The van der Waals surface area contributed by atoms with Gasteiger partial charge in [0, 0.05) is 18.3 Å². The number of carbonyl (C=O) groups excluding carboxylic acids is 1. The van der Waals surface area contributed by atoms with Crippen molar-refractivity contribution in [2.24, 2.45) is 0 Å². The van der Waals surface area contributed by atoms with Gasteiger partial charge < -0.3 is 15.6 Å². The van der Waals surface area contributed by atoms with E-state index >= 15 is 0 Å². The van der Waals surface area contributed by atoms with Crippen LogP contribution in [0.25, 0.3) is 11.0 Å². The number of aryl methyl sites for hydroxylation is 1. The van der Waals surface area contributed by atoms with Crippen LogP contribution in [0.2, 0.25) is 0 Å². The van der Waals surface area contributed by atoms with Crippen molar-refractivity contribution < 1.29 is 4.79 Å². The molecule has 1 aliphatic heterocycles. The Morgan fingerprint density at radius 3 is 2.97 bits per heavy atom.